The summed E-state index contributed by atoms with van der Waals surface area (Å²) in [5, 5.41) is 3.29. The minimum atomic E-state index is 0.0801. The molecule has 0 amide bonds. The van der Waals surface area contributed by atoms with Crippen molar-refractivity contribution in [2.45, 2.75) is 12.1 Å². The van der Waals surface area contributed by atoms with Crippen LogP contribution in [0.25, 0.3) is 0 Å². The Morgan fingerprint density at radius 3 is 2.81 bits per heavy atom. The van der Waals surface area contributed by atoms with Crippen LogP contribution in [0.3, 0.4) is 0 Å². The van der Waals surface area contributed by atoms with Crippen molar-refractivity contribution >= 4 is 43.2 Å². The molecule has 1 N–H and O–H groups in total. The molecule has 1 aromatic rings. The van der Waals surface area contributed by atoms with Crippen molar-refractivity contribution in [1.82, 2.24) is 5.32 Å². The van der Waals surface area contributed by atoms with E-state index in [0.29, 0.717) is 19.8 Å². The molecular formula is C10H13Br2NO2S. The van der Waals surface area contributed by atoms with Gasteiger partial charge in [-0.1, -0.05) is 0 Å². The number of hydrogen-bond donors (Lipinski definition) is 1. The van der Waals surface area contributed by atoms with Gasteiger partial charge in [0, 0.05) is 0 Å². The fourth-order valence-electron chi connectivity index (χ4n) is 1.81. The Morgan fingerprint density at radius 1 is 1.50 bits per heavy atom. The molecule has 2 atom stereocenters. The molecule has 6 heteroatoms. The molecule has 1 aliphatic heterocycles. The Morgan fingerprint density at radius 2 is 2.31 bits per heavy atom. The molecule has 2 heterocycles. The average Bonchev–Trinajstić information content (AvgIpc) is 2.61. The summed E-state index contributed by atoms with van der Waals surface area (Å²) in [7, 11) is 1.95. The highest BCUT2D eigenvalue weighted by atomic mass is 79.9. The molecule has 0 radical (unpaired) electrons. The fourth-order valence-corrected chi connectivity index (χ4v) is 4.73. The summed E-state index contributed by atoms with van der Waals surface area (Å²) >= 11 is 8.74. The number of ether oxygens (including phenoxy) is 2. The van der Waals surface area contributed by atoms with E-state index in [1.54, 1.807) is 11.3 Å². The van der Waals surface area contributed by atoms with Crippen molar-refractivity contribution in [3.05, 3.63) is 19.2 Å². The highest BCUT2D eigenvalue weighted by molar-refractivity contribution is 9.12. The molecule has 1 fully saturated rings. The fraction of sp³-hybridized carbons (Fsp3) is 0.600. The zero-order valence-electron chi connectivity index (χ0n) is 8.83. The lowest BCUT2D eigenvalue weighted by atomic mass is 10.1. The van der Waals surface area contributed by atoms with Gasteiger partial charge < -0.3 is 14.8 Å². The van der Waals surface area contributed by atoms with Crippen LogP contribution in [0.2, 0.25) is 0 Å². The molecule has 1 aliphatic rings. The smallest absolute Gasteiger partial charge is 0.100 e. The van der Waals surface area contributed by atoms with Gasteiger partial charge in [0.05, 0.1) is 33.4 Å². The van der Waals surface area contributed by atoms with Crippen LogP contribution in [0.4, 0.5) is 0 Å². The molecule has 0 aliphatic carbocycles. The summed E-state index contributed by atoms with van der Waals surface area (Å²) < 4.78 is 13.4. The van der Waals surface area contributed by atoms with Gasteiger partial charge in [0.2, 0.25) is 0 Å². The highest BCUT2D eigenvalue weighted by Crippen LogP contribution is 2.37. The van der Waals surface area contributed by atoms with Crippen LogP contribution < -0.4 is 5.32 Å². The third-order valence-corrected chi connectivity index (χ3v) is 4.93. The van der Waals surface area contributed by atoms with Gasteiger partial charge in [-0.15, -0.1) is 11.3 Å². The van der Waals surface area contributed by atoms with Gasteiger partial charge in [0.15, 0.2) is 0 Å². The predicted octanol–water partition coefficient (Wildman–Crippen LogP) is 2.95. The lowest BCUT2D eigenvalue weighted by molar-refractivity contribution is -0.101. The van der Waals surface area contributed by atoms with Crippen LogP contribution in [-0.4, -0.2) is 33.0 Å². The van der Waals surface area contributed by atoms with E-state index in [0.717, 1.165) is 7.57 Å². The summed E-state index contributed by atoms with van der Waals surface area (Å²) in [6.45, 7) is 2.01. The normalized spacial score (nSPS) is 23.3. The van der Waals surface area contributed by atoms with Crippen LogP contribution in [0.15, 0.2) is 13.6 Å². The van der Waals surface area contributed by atoms with Crippen LogP contribution in [-0.2, 0) is 9.47 Å². The Balaban J connectivity index is 2.17. The van der Waals surface area contributed by atoms with E-state index >= 15 is 0 Å². The molecule has 1 saturated heterocycles. The van der Waals surface area contributed by atoms with Crippen LogP contribution in [0.1, 0.15) is 11.6 Å². The number of likely N-dealkylation sites (N-methyl/N-ethyl adjacent to an activating group) is 1. The molecule has 16 heavy (non-hydrogen) atoms. The minimum Gasteiger partial charge on any atom is -0.376 e. The lowest BCUT2D eigenvalue weighted by Gasteiger charge is -2.30. The van der Waals surface area contributed by atoms with E-state index in [4.69, 9.17) is 9.47 Å². The number of rotatable bonds is 3. The maximum atomic E-state index is 5.73. The zero-order chi connectivity index (χ0) is 11.5. The molecular weight excluding hydrogens is 358 g/mol. The summed E-state index contributed by atoms with van der Waals surface area (Å²) in [6.07, 6.45) is 0.0801. The maximum absolute atomic E-state index is 5.73. The third-order valence-electron chi connectivity index (χ3n) is 2.54. The molecule has 3 nitrogen and oxygen atoms in total. The first-order chi connectivity index (χ1) is 7.72. The van der Waals surface area contributed by atoms with E-state index in [-0.39, 0.29) is 12.1 Å². The number of halogens is 2. The SMILES string of the molecule is CNC(c1cc(Br)sc1Br)C1COCCO1. The summed E-state index contributed by atoms with van der Waals surface area (Å²) in [4.78, 5) is 0. The summed E-state index contributed by atoms with van der Waals surface area (Å²) in [5.41, 5.74) is 1.22. The number of hydrogen-bond acceptors (Lipinski definition) is 4. The van der Waals surface area contributed by atoms with Crippen molar-refractivity contribution in [3.8, 4) is 0 Å². The van der Waals surface area contributed by atoms with Gasteiger partial charge >= 0.3 is 0 Å². The molecule has 2 rings (SSSR count). The lowest BCUT2D eigenvalue weighted by Crippen LogP contribution is -2.39. The van der Waals surface area contributed by atoms with Gasteiger partial charge in [0.25, 0.3) is 0 Å². The average molecular weight is 371 g/mol. The topological polar surface area (TPSA) is 30.5 Å². The Labute approximate surface area is 116 Å². The highest BCUT2D eigenvalue weighted by Gasteiger charge is 2.27. The molecule has 0 aromatic carbocycles. The molecule has 0 bridgehead atoms. The van der Waals surface area contributed by atoms with Crippen LogP contribution >= 0.6 is 43.2 Å². The van der Waals surface area contributed by atoms with E-state index in [1.807, 2.05) is 7.05 Å². The largest absolute Gasteiger partial charge is 0.376 e. The molecule has 90 valence electrons. The van der Waals surface area contributed by atoms with Crippen LogP contribution in [0, 0.1) is 0 Å². The van der Waals surface area contributed by atoms with Gasteiger partial charge in [-0.25, -0.2) is 0 Å². The maximum Gasteiger partial charge on any atom is 0.100 e. The zero-order valence-corrected chi connectivity index (χ0v) is 12.8. The standard InChI is InChI=1S/C10H13Br2NO2S/c1-13-9(7-5-14-2-3-15-7)6-4-8(11)16-10(6)12/h4,7,9,13H,2-3,5H2,1H3. The first-order valence-electron chi connectivity index (χ1n) is 5.03. The molecule has 1 aromatic heterocycles. The van der Waals surface area contributed by atoms with Gasteiger partial charge in [-0.05, 0) is 50.5 Å². The molecule has 0 spiro atoms. The van der Waals surface area contributed by atoms with Gasteiger partial charge in [-0.2, -0.15) is 0 Å². The van der Waals surface area contributed by atoms with Gasteiger partial charge in [-0.3, -0.25) is 0 Å². The quantitative estimate of drug-likeness (QED) is 0.887. The number of nitrogens with one attached hydrogen (secondary N) is 1. The molecule has 0 saturated carbocycles. The van der Waals surface area contributed by atoms with Crippen molar-refractivity contribution in [1.29, 1.82) is 0 Å². The molecule has 2 unspecified atom stereocenters. The van der Waals surface area contributed by atoms with Crippen molar-refractivity contribution in [2.24, 2.45) is 0 Å². The van der Waals surface area contributed by atoms with E-state index < -0.39 is 0 Å². The summed E-state index contributed by atoms with van der Waals surface area (Å²) in [6, 6.07) is 2.28. The first kappa shape index (κ1) is 13.0. The Kier molecular flexibility index (Phi) is 4.81. The van der Waals surface area contributed by atoms with Crippen molar-refractivity contribution in [3.63, 3.8) is 0 Å². The van der Waals surface area contributed by atoms with Gasteiger partial charge in [0.1, 0.15) is 6.10 Å². The predicted molar refractivity (Wildman–Crippen MR) is 72.1 cm³/mol. The first-order valence-corrected chi connectivity index (χ1v) is 7.44. The second kappa shape index (κ2) is 5.93. The summed E-state index contributed by atoms with van der Waals surface area (Å²) in [5.74, 6) is 0. The second-order valence-corrected chi connectivity index (χ2v) is 7.28. The number of thiophene rings is 1. The minimum absolute atomic E-state index is 0.0801. The monoisotopic (exact) mass is 369 g/mol. The third kappa shape index (κ3) is 2.86. The Bertz CT molecular complexity index is 353. The van der Waals surface area contributed by atoms with Crippen molar-refractivity contribution in [2.75, 3.05) is 26.9 Å². The van der Waals surface area contributed by atoms with E-state index in [1.165, 1.54) is 5.56 Å². The van der Waals surface area contributed by atoms with E-state index in [2.05, 4.69) is 43.2 Å². The van der Waals surface area contributed by atoms with Crippen LogP contribution in [0.5, 0.6) is 0 Å². The van der Waals surface area contributed by atoms with E-state index in [9.17, 15) is 0 Å². The Hall–Kier alpha value is 0.540. The van der Waals surface area contributed by atoms with Crippen molar-refractivity contribution < 1.29 is 9.47 Å². The second-order valence-electron chi connectivity index (χ2n) is 3.53.